The number of aromatic nitrogens is 1. The van der Waals surface area contributed by atoms with Crippen molar-refractivity contribution in [3.05, 3.63) is 24.0 Å². The van der Waals surface area contributed by atoms with Gasteiger partial charge >= 0.3 is 0 Å². The first-order chi connectivity index (χ1) is 10.1. The molecule has 2 atom stereocenters. The van der Waals surface area contributed by atoms with Gasteiger partial charge in [-0.25, -0.2) is 0 Å². The number of carbonyl (C=O) groups excluding carboxylic acids is 1. The van der Waals surface area contributed by atoms with Crippen molar-refractivity contribution < 1.29 is 9.90 Å². The Morgan fingerprint density at radius 2 is 2.24 bits per heavy atom. The Labute approximate surface area is 126 Å². The van der Waals surface area contributed by atoms with Crippen LogP contribution in [0.3, 0.4) is 0 Å². The number of nitrogens with zero attached hydrogens (tertiary/aromatic N) is 1. The van der Waals surface area contributed by atoms with Crippen LogP contribution in [-0.4, -0.2) is 41.3 Å². The minimum absolute atomic E-state index is 0.0964. The standard InChI is InChI=1S/C16H27N3O2/c1-3-12(2)15(20)11-18-16(21)14-5-4-10-19(14)13-6-8-17-9-7-13/h4-5,10,12-13,15,17,20H,3,6-9,11H2,1-2H3,(H,18,21). The van der Waals surface area contributed by atoms with E-state index in [4.69, 9.17) is 0 Å². The quantitative estimate of drug-likeness (QED) is 0.745. The Kier molecular flexibility index (Phi) is 5.82. The van der Waals surface area contributed by atoms with Crippen LogP contribution in [0, 0.1) is 5.92 Å². The summed E-state index contributed by atoms with van der Waals surface area (Å²) in [5.74, 6) is 0.0994. The molecule has 0 aromatic carbocycles. The highest BCUT2D eigenvalue weighted by Crippen LogP contribution is 2.21. The first-order valence-electron chi connectivity index (χ1n) is 7.97. The van der Waals surface area contributed by atoms with E-state index in [9.17, 15) is 9.90 Å². The highest BCUT2D eigenvalue weighted by Gasteiger charge is 2.20. The normalized spacial score (nSPS) is 19.2. The van der Waals surface area contributed by atoms with Crippen LogP contribution >= 0.6 is 0 Å². The summed E-state index contributed by atoms with van der Waals surface area (Å²) < 4.78 is 2.08. The molecule has 21 heavy (non-hydrogen) atoms. The predicted octanol–water partition coefficient (Wildman–Crippen LogP) is 1.55. The molecule has 1 aliphatic heterocycles. The molecular weight excluding hydrogens is 266 g/mol. The molecule has 0 saturated carbocycles. The summed E-state index contributed by atoms with van der Waals surface area (Å²) in [5, 5.41) is 16.1. The number of piperidine rings is 1. The second kappa shape index (κ2) is 7.61. The zero-order chi connectivity index (χ0) is 15.2. The number of hydrogen-bond donors (Lipinski definition) is 3. The third kappa shape index (κ3) is 4.08. The van der Waals surface area contributed by atoms with Crippen LogP contribution in [0.1, 0.15) is 49.6 Å². The summed E-state index contributed by atoms with van der Waals surface area (Å²) in [5.41, 5.74) is 0.693. The molecule has 5 heteroatoms. The Bertz CT molecular complexity index is 452. The van der Waals surface area contributed by atoms with Crippen LogP contribution in [0.2, 0.25) is 0 Å². The zero-order valence-electron chi connectivity index (χ0n) is 13.0. The van der Waals surface area contributed by atoms with Gasteiger partial charge in [0.1, 0.15) is 5.69 Å². The molecule has 2 unspecified atom stereocenters. The predicted molar refractivity (Wildman–Crippen MR) is 83.4 cm³/mol. The Morgan fingerprint density at radius 3 is 2.90 bits per heavy atom. The summed E-state index contributed by atoms with van der Waals surface area (Å²) in [7, 11) is 0. The number of nitrogens with one attached hydrogen (secondary N) is 2. The van der Waals surface area contributed by atoms with Gasteiger partial charge in [0.25, 0.3) is 5.91 Å². The molecule has 1 fully saturated rings. The average molecular weight is 293 g/mol. The molecule has 1 saturated heterocycles. The SMILES string of the molecule is CCC(C)C(O)CNC(=O)c1cccn1C1CCNCC1. The van der Waals surface area contributed by atoms with Crippen molar-refractivity contribution >= 4 is 5.91 Å². The molecule has 3 N–H and O–H groups in total. The van der Waals surface area contributed by atoms with Crippen molar-refractivity contribution in [3.63, 3.8) is 0 Å². The Hall–Kier alpha value is -1.33. The maximum Gasteiger partial charge on any atom is 0.268 e. The number of aliphatic hydroxyl groups is 1. The third-order valence-corrected chi connectivity index (χ3v) is 4.49. The Balaban J connectivity index is 1.95. The fourth-order valence-electron chi connectivity index (χ4n) is 2.75. The minimum atomic E-state index is -0.485. The smallest absolute Gasteiger partial charge is 0.268 e. The fraction of sp³-hybridized carbons (Fsp3) is 0.688. The molecule has 1 amide bonds. The lowest BCUT2D eigenvalue weighted by molar-refractivity contribution is 0.0839. The molecule has 5 nitrogen and oxygen atoms in total. The van der Waals surface area contributed by atoms with Crippen LogP contribution in [0.4, 0.5) is 0 Å². The van der Waals surface area contributed by atoms with Gasteiger partial charge in [-0.2, -0.15) is 0 Å². The molecule has 0 aliphatic carbocycles. The van der Waals surface area contributed by atoms with E-state index in [0.717, 1.165) is 32.4 Å². The van der Waals surface area contributed by atoms with E-state index in [1.54, 1.807) is 0 Å². The third-order valence-electron chi connectivity index (χ3n) is 4.49. The molecule has 2 rings (SSSR count). The van der Waals surface area contributed by atoms with Crippen LogP contribution in [-0.2, 0) is 0 Å². The summed E-state index contributed by atoms with van der Waals surface area (Å²) in [6, 6.07) is 4.16. The van der Waals surface area contributed by atoms with Crippen LogP contribution in [0.5, 0.6) is 0 Å². The number of carbonyl (C=O) groups is 1. The monoisotopic (exact) mass is 293 g/mol. The van der Waals surface area contributed by atoms with E-state index in [0.29, 0.717) is 18.3 Å². The number of amides is 1. The van der Waals surface area contributed by atoms with Crippen LogP contribution in [0.15, 0.2) is 18.3 Å². The molecule has 1 aromatic rings. The number of aliphatic hydroxyl groups excluding tert-OH is 1. The molecule has 1 aromatic heterocycles. The van der Waals surface area contributed by atoms with Crippen molar-refractivity contribution in [2.24, 2.45) is 5.92 Å². The van der Waals surface area contributed by atoms with Gasteiger partial charge in [0.2, 0.25) is 0 Å². The van der Waals surface area contributed by atoms with Crippen LogP contribution in [0.25, 0.3) is 0 Å². The van der Waals surface area contributed by atoms with Gasteiger partial charge in [-0.15, -0.1) is 0 Å². The minimum Gasteiger partial charge on any atom is -0.391 e. The molecule has 118 valence electrons. The lowest BCUT2D eigenvalue weighted by Gasteiger charge is -2.26. The summed E-state index contributed by atoms with van der Waals surface area (Å²) in [6.45, 7) is 6.34. The molecule has 0 radical (unpaired) electrons. The van der Waals surface area contributed by atoms with Gasteiger partial charge in [-0.3, -0.25) is 4.79 Å². The first-order valence-corrected chi connectivity index (χ1v) is 7.97. The molecular formula is C16H27N3O2. The average Bonchev–Trinajstić information content (AvgIpc) is 3.01. The zero-order valence-corrected chi connectivity index (χ0v) is 13.0. The van der Waals surface area contributed by atoms with Gasteiger partial charge in [-0.1, -0.05) is 20.3 Å². The van der Waals surface area contributed by atoms with E-state index in [-0.39, 0.29) is 11.8 Å². The molecule has 1 aliphatic rings. The lowest BCUT2D eigenvalue weighted by Crippen LogP contribution is -2.37. The van der Waals surface area contributed by atoms with E-state index in [1.165, 1.54) is 0 Å². The van der Waals surface area contributed by atoms with E-state index >= 15 is 0 Å². The van der Waals surface area contributed by atoms with Gasteiger partial charge < -0.3 is 20.3 Å². The molecule has 0 spiro atoms. The van der Waals surface area contributed by atoms with Crippen molar-refractivity contribution in [1.29, 1.82) is 0 Å². The molecule has 2 heterocycles. The van der Waals surface area contributed by atoms with Crippen molar-refractivity contribution in [1.82, 2.24) is 15.2 Å². The van der Waals surface area contributed by atoms with Crippen LogP contribution < -0.4 is 10.6 Å². The van der Waals surface area contributed by atoms with Gasteiger partial charge in [0.05, 0.1) is 6.10 Å². The summed E-state index contributed by atoms with van der Waals surface area (Å²) in [6.07, 6.45) is 4.49. The number of hydrogen-bond acceptors (Lipinski definition) is 3. The van der Waals surface area contributed by atoms with E-state index in [2.05, 4.69) is 15.2 Å². The first kappa shape index (κ1) is 16.0. The van der Waals surface area contributed by atoms with Gasteiger partial charge in [0.15, 0.2) is 0 Å². The fourth-order valence-corrected chi connectivity index (χ4v) is 2.75. The van der Waals surface area contributed by atoms with Crippen molar-refractivity contribution in [3.8, 4) is 0 Å². The summed E-state index contributed by atoms with van der Waals surface area (Å²) in [4.78, 5) is 12.3. The largest absolute Gasteiger partial charge is 0.391 e. The topological polar surface area (TPSA) is 66.3 Å². The second-order valence-electron chi connectivity index (χ2n) is 5.94. The highest BCUT2D eigenvalue weighted by atomic mass is 16.3. The summed E-state index contributed by atoms with van der Waals surface area (Å²) >= 11 is 0. The van der Waals surface area contributed by atoms with Crippen molar-refractivity contribution in [2.75, 3.05) is 19.6 Å². The van der Waals surface area contributed by atoms with Gasteiger partial charge in [0, 0.05) is 18.8 Å². The van der Waals surface area contributed by atoms with E-state index in [1.807, 2.05) is 32.2 Å². The van der Waals surface area contributed by atoms with E-state index < -0.39 is 6.10 Å². The second-order valence-corrected chi connectivity index (χ2v) is 5.94. The lowest BCUT2D eigenvalue weighted by atomic mass is 10.0. The maximum absolute atomic E-state index is 12.3. The number of rotatable bonds is 6. The molecule has 0 bridgehead atoms. The van der Waals surface area contributed by atoms with Crippen molar-refractivity contribution in [2.45, 2.75) is 45.3 Å². The Morgan fingerprint density at radius 1 is 1.52 bits per heavy atom. The van der Waals surface area contributed by atoms with Gasteiger partial charge in [-0.05, 0) is 44.0 Å². The highest BCUT2D eigenvalue weighted by molar-refractivity contribution is 5.92. The maximum atomic E-state index is 12.3.